The third-order valence-electron chi connectivity index (χ3n) is 5.21. The number of rotatable bonds is 5. The number of carbonyl (C=O) groups is 1. The Morgan fingerprint density at radius 1 is 1.36 bits per heavy atom. The highest BCUT2D eigenvalue weighted by atomic mass is 35.5. The number of aliphatic hydroxyl groups is 1. The number of halogens is 1. The number of hydrogen-bond donors (Lipinski definition) is 4. The smallest absolute Gasteiger partial charge is 0.326 e. The molecule has 0 radical (unpaired) electrons. The summed E-state index contributed by atoms with van der Waals surface area (Å²) in [6.45, 7) is 4.39. The van der Waals surface area contributed by atoms with Crippen molar-refractivity contribution in [1.29, 1.82) is 0 Å². The van der Waals surface area contributed by atoms with E-state index in [2.05, 4.69) is 39.3 Å². The third-order valence-corrected chi connectivity index (χ3v) is 5.21. The fourth-order valence-corrected chi connectivity index (χ4v) is 3.74. The van der Waals surface area contributed by atoms with Crippen LogP contribution in [0.3, 0.4) is 0 Å². The van der Waals surface area contributed by atoms with Crippen LogP contribution in [0.25, 0.3) is 0 Å². The Bertz CT molecular complexity index is 871. The van der Waals surface area contributed by atoms with E-state index in [1.807, 2.05) is 6.07 Å². The van der Waals surface area contributed by atoms with E-state index in [0.29, 0.717) is 23.5 Å². The number of anilines is 3. The topological polar surface area (TPSA) is 127 Å². The predicted octanol–water partition coefficient (Wildman–Crippen LogP) is 2.00. The van der Waals surface area contributed by atoms with Crippen LogP contribution in [-0.2, 0) is 17.6 Å². The van der Waals surface area contributed by atoms with Crippen LogP contribution >= 0.6 is 12.4 Å². The van der Waals surface area contributed by atoms with Crippen LogP contribution < -0.4 is 10.2 Å². The van der Waals surface area contributed by atoms with Crippen LogP contribution in [0.15, 0.2) is 6.07 Å². The lowest BCUT2D eigenvalue weighted by atomic mass is 10.1. The van der Waals surface area contributed by atoms with Crippen molar-refractivity contribution in [3.63, 3.8) is 0 Å². The molecule has 4 rings (SSSR count). The predicted molar refractivity (Wildman–Crippen MR) is 107 cm³/mol. The number of aromatic amines is 1. The monoisotopic (exact) mass is 408 g/mol. The number of β-amino-alcohol motifs (C(OH)–C–C–N with tert-alkyl or cyclic N) is 1. The van der Waals surface area contributed by atoms with E-state index in [4.69, 9.17) is 0 Å². The first-order valence-corrected chi connectivity index (χ1v) is 9.32. The van der Waals surface area contributed by atoms with E-state index in [-0.39, 0.29) is 25.4 Å². The number of aliphatic carboxylic acids is 1. The quantitative estimate of drug-likeness (QED) is 0.591. The van der Waals surface area contributed by atoms with Gasteiger partial charge >= 0.3 is 5.97 Å². The first kappa shape index (κ1) is 20.3. The Kier molecular flexibility index (Phi) is 5.76. The van der Waals surface area contributed by atoms with Gasteiger partial charge in [-0.25, -0.2) is 9.78 Å². The molecular weight excluding hydrogens is 384 g/mol. The molecule has 0 aromatic carbocycles. The minimum absolute atomic E-state index is 0. The molecule has 28 heavy (non-hydrogen) atoms. The molecule has 0 unspecified atom stereocenters. The second-order valence-electron chi connectivity index (χ2n) is 7.54. The molecule has 152 valence electrons. The standard InChI is InChI=1S/C18H24N6O3.ClH/c1-9(2)13-7-15(23-22-13)20-16-11-4-3-5-12(11)19-18(21-16)24-8-10(25)6-14(24)17(26)27;/h7,9-10,14,25H,3-6,8H2,1-2H3,(H,26,27)(H2,19,20,21,22,23);1H/t10-,14+;/m1./s1. The number of aryl methyl sites for hydroxylation is 1. The molecule has 2 aromatic heterocycles. The third kappa shape index (κ3) is 3.77. The van der Waals surface area contributed by atoms with Crippen LogP contribution in [0.2, 0.25) is 0 Å². The molecule has 2 aliphatic rings. The van der Waals surface area contributed by atoms with Crippen LogP contribution in [0.1, 0.15) is 49.6 Å². The zero-order chi connectivity index (χ0) is 19.1. The molecule has 0 saturated carbocycles. The zero-order valence-corrected chi connectivity index (χ0v) is 16.7. The van der Waals surface area contributed by atoms with E-state index >= 15 is 0 Å². The number of nitrogens with zero attached hydrogens (tertiary/aromatic N) is 4. The molecule has 0 amide bonds. The Balaban J connectivity index is 0.00000225. The first-order chi connectivity index (χ1) is 12.9. The molecule has 1 fully saturated rings. The SMILES string of the molecule is CC(C)c1cc(Nc2nc(N3C[C@H](O)C[C@H]3C(=O)O)nc3c2CCC3)n[nH]1.Cl. The fraction of sp³-hybridized carbons (Fsp3) is 0.556. The van der Waals surface area contributed by atoms with Gasteiger partial charge in [0.25, 0.3) is 0 Å². The van der Waals surface area contributed by atoms with Crippen molar-refractivity contribution >= 4 is 36.0 Å². The first-order valence-electron chi connectivity index (χ1n) is 9.32. The van der Waals surface area contributed by atoms with Crippen LogP contribution in [0.4, 0.5) is 17.6 Å². The van der Waals surface area contributed by atoms with Crippen LogP contribution in [0.5, 0.6) is 0 Å². The van der Waals surface area contributed by atoms with Gasteiger partial charge in [-0.3, -0.25) is 5.10 Å². The van der Waals surface area contributed by atoms with E-state index in [1.165, 1.54) is 0 Å². The molecule has 3 heterocycles. The number of hydrogen-bond acceptors (Lipinski definition) is 7. The lowest BCUT2D eigenvalue weighted by Crippen LogP contribution is -2.37. The van der Waals surface area contributed by atoms with Gasteiger partial charge in [-0.1, -0.05) is 13.8 Å². The molecule has 0 bridgehead atoms. The zero-order valence-electron chi connectivity index (χ0n) is 15.8. The van der Waals surface area contributed by atoms with Crippen molar-refractivity contribution in [2.75, 3.05) is 16.8 Å². The maximum atomic E-state index is 11.6. The molecule has 2 aromatic rings. The maximum absolute atomic E-state index is 11.6. The highest BCUT2D eigenvalue weighted by Gasteiger charge is 2.38. The van der Waals surface area contributed by atoms with Crippen molar-refractivity contribution in [3.05, 3.63) is 23.0 Å². The Morgan fingerprint density at radius 3 is 2.82 bits per heavy atom. The highest BCUT2D eigenvalue weighted by molar-refractivity contribution is 5.85. The number of fused-ring (bicyclic) bond motifs is 1. The number of carboxylic acids is 1. The summed E-state index contributed by atoms with van der Waals surface area (Å²) in [5, 5.41) is 30.0. The largest absolute Gasteiger partial charge is 0.480 e. The van der Waals surface area contributed by atoms with Gasteiger partial charge in [0.15, 0.2) is 5.82 Å². The number of nitrogens with one attached hydrogen (secondary N) is 2. The van der Waals surface area contributed by atoms with E-state index in [9.17, 15) is 15.0 Å². The summed E-state index contributed by atoms with van der Waals surface area (Å²) in [5.74, 6) is 1.05. The molecular formula is C18H25ClN6O3. The number of H-pyrrole nitrogens is 1. The Labute approximate surface area is 169 Å². The molecule has 1 aliphatic carbocycles. The fourth-order valence-electron chi connectivity index (χ4n) is 3.74. The van der Waals surface area contributed by atoms with E-state index in [1.54, 1.807) is 4.90 Å². The Morgan fingerprint density at radius 2 is 2.14 bits per heavy atom. The number of aliphatic hydroxyl groups excluding tert-OH is 1. The van der Waals surface area contributed by atoms with Gasteiger partial charge in [-0.2, -0.15) is 10.1 Å². The lowest BCUT2D eigenvalue weighted by molar-refractivity contribution is -0.138. The van der Waals surface area contributed by atoms with Gasteiger partial charge in [-0.05, 0) is 25.2 Å². The summed E-state index contributed by atoms with van der Waals surface area (Å²) >= 11 is 0. The summed E-state index contributed by atoms with van der Waals surface area (Å²) < 4.78 is 0. The van der Waals surface area contributed by atoms with Crippen molar-refractivity contribution in [1.82, 2.24) is 20.2 Å². The van der Waals surface area contributed by atoms with Crippen molar-refractivity contribution in [2.45, 2.75) is 57.6 Å². The molecule has 1 saturated heterocycles. The number of aromatic nitrogens is 4. The lowest BCUT2D eigenvalue weighted by Gasteiger charge is -2.22. The van der Waals surface area contributed by atoms with E-state index in [0.717, 1.165) is 36.2 Å². The van der Waals surface area contributed by atoms with Crippen LogP contribution in [-0.4, -0.2) is 55.0 Å². The van der Waals surface area contributed by atoms with Crippen molar-refractivity contribution in [2.24, 2.45) is 0 Å². The highest BCUT2D eigenvalue weighted by Crippen LogP contribution is 2.32. The summed E-state index contributed by atoms with van der Waals surface area (Å²) in [6, 6.07) is 1.14. The molecule has 0 spiro atoms. The molecule has 9 nitrogen and oxygen atoms in total. The summed E-state index contributed by atoms with van der Waals surface area (Å²) in [6.07, 6.45) is 2.19. The second-order valence-corrected chi connectivity index (χ2v) is 7.54. The average molecular weight is 409 g/mol. The molecule has 4 N–H and O–H groups in total. The maximum Gasteiger partial charge on any atom is 0.326 e. The average Bonchev–Trinajstić information content (AvgIpc) is 3.33. The van der Waals surface area contributed by atoms with Gasteiger partial charge in [0.05, 0.1) is 11.8 Å². The van der Waals surface area contributed by atoms with Gasteiger partial charge < -0.3 is 20.4 Å². The second kappa shape index (κ2) is 7.92. The van der Waals surface area contributed by atoms with Crippen molar-refractivity contribution < 1.29 is 15.0 Å². The van der Waals surface area contributed by atoms with E-state index < -0.39 is 18.1 Å². The minimum atomic E-state index is -0.973. The minimum Gasteiger partial charge on any atom is -0.480 e. The molecule has 2 atom stereocenters. The molecule has 1 aliphatic heterocycles. The van der Waals surface area contributed by atoms with Gasteiger partial charge in [0.1, 0.15) is 11.9 Å². The van der Waals surface area contributed by atoms with Gasteiger partial charge in [0, 0.05) is 30.3 Å². The van der Waals surface area contributed by atoms with Crippen LogP contribution in [0, 0.1) is 0 Å². The van der Waals surface area contributed by atoms with Crippen molar-refractivity contribution in [3.8, 4) is 0 Å². The molecule has 10 heteroatoms. The summed E-state index contributed by atoms with van der Waals surface area (Å²) in [4.78, 5) is 22.4. The normalized spacial score (nSPS) is 20.9. The van der Waals surface area contributed by atoms with Gasteiger partial charge in [-0.15, -0.1) is 12.4 Å². The number of carboxylic acid groups (broad SMARTS) is 1. The Hall–Kier alpha value is -2.39. The summed E-state index contributed by atoms with van der Waals surface area (Å²) in [7, 11) is 0. The summed E-state index contributed by atoms with van der Waals surface area (Å²) in [5.41, 5.74) is 3.02. The van der Waals surface area contributed by atoms with Gasteiger partial charge in [0.2, 0.25) is 5.95 Å².